The fourth-order valence-electron chi connectivity index (χ4n) is 5.83. The highest BCUT2D eigenvalue weighted by Gasteiger charge is 2.31. The second-order valence-electron chi connectivity index (χ2n) is 14.9. The molecule has 0 amide bonds. The molecular formula is C43H78NO7+. The van der Waals surface area contributed by atoms with Gasteiger partial charge in [-0.3, -0.25) is 9.59 Å². The first kappa shape index (κ1) is 48.5. The van der Waals surface area contributed by atoms with Gasteiger partial charge in [-0.2, -0.15) is 0 Å². The van der Waals surface area contributed by atoms with E-state index in [9.17, 15) is 19.5 Å². The second-order valence-corrected chi connectivity index (χ2v) is 14.9. The number of likely N-dealkylation sites (N-methyl/N-ethyl adjacent to an activating group) is 1. The highest BCUT2D eigenvalue weighted by Crippen LogP contribution is 2.13. The molecule has 2 unspecified atom stereocenters. The molecule has 0 spiro atoms. The number of unbranched alkanes of at least 4 members (excludes halogenated alkanes) is 16. The molecule has 0 bridgehead atoms. The molecule has 0 aliphatic carbocycles. The topological polar surface area (TPSA) is 99.1 Å². The smallest absolute Gasteiger partial charge is 0.362 e. The van der Waals surface area contributed by atoms with E-state index in [1.54, 1.807) is 0 Å². The normalized spacial score (nSPS) is 13.4. The van der Waals surface area contributed by atoms with Gasteiger partial charge in [0.05, 0.1) is 34.4 Å². The summed E-state index contributed by atoms with van der Waals surface area (Å²) in [5, 5.41) is 9.59. The summed E-state index contributed by atoms with van der Waals surface area (Å²) >= 11 is 0. The SMILES string of the molecule is CC/C=C/C/C=C/CCCCCCCC(=O)OCC(COCCC(C(=O)O)[N+](C)(C)C)OC(=O)CCCCCCCCC/C=C/CCCCCC. The quantitative estimate of drug-likeness (QED) is 0.0298. The Morgan fingerprint density at radius 3 is 1.63 bits per heavy atom. The number of ether oxygens (including phenoxy) is 3. The predicted molar refractivity (Wildman–Crippen MR) is 211 cm³/mol. The van der Waals surface area contributed by atoms with Gasteiger partial charge in [0, 0.05) is 19.3 Å². The van der Waals surface area contributed by atoms with Crippen LogP contribution in [-0.2, 0) is 28.6 Å². The van der Waals surface area contributed by atoms with Crippen LogP contribution in [0.15, 0.2) is 36.5 Å². The van der Waals surface area contributed by atoms with Gasteiger partial charge in [-0.15, -0.1) is 0 Å². The Morgan fingerprint density at radius 1 is 0.608 bits per heavy atom. The van der Waals surface area contributed by atoms with Crippen molar-refractivity contribution in [2.24, 2.45) is 0 Å². The molecule has 0 aromatic rings. The molecular weight excluding hydrogens is 642 g/mol. The average molecular weight is 721 g/mol. The number of carbonyl (C=O) groups excluding carboxylic acids is 2. The lowest BCUT2D eigenvalue weighted by Crippen LogP contribution is -2.50. The van der Waals surface area contributed by atoms with Gasteiger partial charge >= 0.3 is 17.9 Å². The standard InChI is InChI=1S/C43H77NO7/c1-6-8-10-12-14-16-18-20-21-22-24-26-28-30-32-34-42(46)51-39(37-49-36-35-40(43(47)48)44(3,4)5)38-50-41(45)33-31-29-27-25-23-19-17-15-13-11-9-7-2/h9,11,15-18,39-40H,6-8,10,12-14,19-38H2,1-5H3/p+1/b11-9+,17-15+,18-16+. The van der Waals surface area contributed by atoms with Crippen LogP contribution in [0.3, 0.4) is 0 Å². The van der Waals surface area contributed by atoms with Crippen molar-refractivity contribution in [1.82, 2.24) is 0 Å². The molecule has 0 heterocycles. The minimum Gasteiger partial charge on any atom is -0.477 e. The van der Waals surface area contributed by atoms with E-state index in [2.05, 4.69) is 50.3 Å². The number of quaternary nitrogens is 1. The Kier molecular flexibility index (Phi) is 33.0. The van der Waals surface area contributed by atoms with E-state index in [4.69, 9.17) is 14.2 Å². The molecule has 0 rings (SSSR count). The van der Waals surface area contributed by atoms with Crippen molar-refractivity contribution in [1.29, 1.82) is 0 Å². The summed E-state index contributed by atoms with van der Waals surface area (Å²) < 4.78 is 17.2. The van der Waals surface area contributed by atoms with Gasteiger partial charge in [0.25, 0.3) is 0 Å². The highest BCUT2D eigenvalue weighted by atomic mass is 16.6. The van der Waals surface area contributed by atoms with Gasteiger partial charge < -0.3 is 23.8 Å². The fourth-order valence-corrected chi connectivity index (χ4v) is 5.83. The van der Waals surface area contributed by atoms with Crippen LogP contribution in [-0.4, -0.2) is 80.6 Å². The summed E-state index contributed by atoms with van der Waals surface area (Å²) in [5.41, 5.74) is 0. The Labute approximate surface area is 313 Å². The number of carboxylic acids is 1. The van der Waals surface area contributed by atoms with Crippen LogP contribution in [0.5, 0.6) is 0 Å². The van der Waals surface area contributed by atoms with E-state index in [0.29, 0.717) is 19.3 Å². The van der Waals surface area contributed by atoms with E-state index in [-0.39, 0.29) is 36.2 Å². The first-order chi connectivity index (χ1) is 24.6. The first-order valence-electron chi connectivity index (χ1n) is 20.5. The van der Waals surface area contributed by atoms with Gasteiger partial charge in [0.2, 0.25) is 0 Å². The fraction of sp³-hybridized carbons (Fsp3) is 0.791. The Hall–Kier alpha value is -2.45. The minimum absolute atomic E-state index is 0.0554. The molecule has 2 atom stereocenters. The monoisotopic (exact) mass is 721 g/mol. The zero-order chi connectivity index (χ0) is 37.8. The maximum atomic E-state index is 12.7. The Balaban J connectivity index is 4.40. The first-order valence-corrected chi connectivity index (χ1v) is 20.5. The molecule has 0 fully saturated rings. The number of carboxylic acid groups (broad SMARTS) is 1. The van der Waals surface area contributed by atoms with Crippen molar-refractivity contribution in [3.8, 4) is 0 Å². The summed E-state index contributed by atoms with van der Waals surface area (Å²) in [7, 11) is 5.51. The van der Waals surface area contributed by atoms with Crippen LogP contribution in [0.25, 0.3) is 0 Å². The molecule has 296 valence electrons. The largest absolute Gasteiger partial charge is 0.477 e. The molecule has 1 N–H and O–H groups in total. The number of esters is 2. The van der Waals surface area contributed by atoms with Crippen molar-refractivity contribution in [2.45, 2.75) is 180 Å². The lowest BCUT2D eigenvalue weighted by Gasteiger charge is -2.31. The number of allylic oxidation sites excluding steroid dienone is 6. The van der Waals surface area contributed by atoms with Crippen molar-refractivity contribution in [2.75, 3.05) is 41.0 Å². The van der Waals surface area contributed by atoms with E-state index < -0.39 is 18.1 Å². The van der Waals surface area contributed by atoms with Gasteiger partial charge in [0.15, 0.2) is 12.1 Å². The van der Waals surface area contributed by atoms with Gasteiger partial charge in [-0.25, -0.2) is 4.79 Å². The highest BCUT2D eigenvalue weighted by molar-refractivity contribution is 5.72. The number of hydrogen-bond acceptors (Lipinski definition) is 6. The lowest BCUT2D eigenvalue weighted by molar-refractivity contribution is -0.887. The molecule has 51 heavy (non-hydrogen) atoms. The van der Waals surface area contributed by atoms with Crippen LogP contribution in [0.2, 0.25) is 0 Å². The van der Waals surface area contributed by atoms with Crippen LogP contribution >= 0.6 is 0 Å². The summed E-state index contributed by atoms with van der Waals surface area (Å²) in [4.78, 5) is 36.8. The molecule has 8 heteroatoms. The van der Waals surface area contributed by atoms with E-state index in [0.717, 1.165) is 70.6 Å². The van der Waals surface area contributed by atoms with Crippen LogP contribution < -0.4 is 0 Å². The maximum absolute atomic E-state index is 12.7. The predicted octanol–water partition coefficient (Wildman–Crippen LogP) is 10.7. The summed E-state index contributed by atoms with van der Waals surface area (Å²) in [6.45, 7) is 4.59. The second kappa shape index (κ2) is 34.6. The molecule has 0 saturated carbocycles. The summed E-state index contributed by atoms with van der Waals surface area (Å²) in [6.07, 6.45) is 37.5. The molecule has 0 saturated heterocycles. The summed E-state index contributed by atoms with van der Waals surface area (Å²) in [6, 6.07) is -0.616. The van der Waals surface area contributed by atoms with Gasteiger partial charge in [-0.1, -0.05) is 121 Å². The molecule has 0 radical (unpaired) electrons. The molecule has 0 aromatic heterocycles. The molecule has 0 aromatic carbocycles. The Morgan fingerprint density at radius 2 is 1.10 bits per heavy atom. The zero-order valence-electron chi connectivity index (χ0n) is 33.6. The number of aliphatic carboxylic acids is 1. The van der Waals surface area contributed by atoms with Crippen molar-refractivity contribution < 1.29 is 38.2 Å². The summed E-state index contributed by atoms with van der Waals surface area (Å²) in [5.74, 6) is -1.49. The van der Waals surface area contributed by atoms with Crippen molar-refractivity contribution >= 4 is 17.9 Å². The number of hydrogen-bond donors (Lipinski definition) is 1. The van der Waals surface area contributed by atoms with E-state index in [1.165, 1.54) is 64.2 Å². The number of carbonyl (C=O) groups is 3. The number of nitrogens with zero attached hydrogens (tertiary/aromatic N) is 1. The molecule has 8 nitrogen and oxygen atoms in total. The number of rotatable bonds is 36. The van der Waals surface area contributed by atoms with Gasteiger partial charge in [0.1, 0.15) is 6.61 Å². The third-order valence-corrected chi connectivity index (χ3v) is 9.02. The van der Waals surface area contributed by atoms with Gasteiger partial charge in [-0.05, 0) is 64.2 Å². The third kappa shape index (κ3) is 33.2. The van der Waals surface area contributed by atoms with Crippen LogP contribution in [0, 0.1) is 0 Å². The van der Waals surface area contributed by atoms with Crippen molar-refractivity contribution in [3.63, 3.8) is 0 Å². The lowest BCUT2D eigenvalue weighted by atomic mass is 10.1. The van der Waals surface area contributed by atoms with E-state index in [1.807, 2.05) is 21.1 Å². The minimum atomic E-state index is -0.879. The third-order valence-electron chi connectivity index (χ3n) is 9.02. The Bertz CT molecular complexity index is 937. The molecule has 0 aliphatic rings. The van der Waals surface area contributed by atoms with Crippen LogP contribution in [0.4, 0.5) is 0 Å². The maximum Gasteiger partial charge on any atom is 0.362 e. The zero-order valence-corrected chi connectivity index (χ0v) is 33.6. The van der Waals surface area contributed by atoms with Crippen LogP contribution in [0.1, 0.15) is 168 Å². The molecule has 0 aliphatic heterocycles. The van der Waals surface area contributed by atoms with Crippen molar-refractivity contribution in [3.05, 3.63) is 36.5 Å². The van der Waals surface area contributed by atoms with E-state index >= 15 is 0 Å². The average Bonchev–Trinajstić information content (AvgIpc) is 3.08.